The van der Waals surface area contributed by atoms with Gasteiger partial charge in [-0.25, -0.2) is 9.88 Å². The number of amides is 1. The van der Waals surface area contributed by atoms with E-state index in [1.54, 1.807) is 11.6 Å². The lowest BCUT2D eigenvalue weighted by atomic mass is 10.1. The van der Waals surface area contributed by atoms with Crippen LogP contribution < -0.4 is 4.90 Å². The number of anilines is 1. The van der Waals surface area contributed by atoms with E-state index in [1.165, 1.54) is 16.2 Å². The van der Waals surface area contributed by atoms with Gasteiger partial charge in [0, 0.05) is 45.8 Å². The molecule has 0 aliphatic carbocycles. The minimum absolute atomic E-state index is 0.168. The zero-order chi connectivity index (χ0) is 20.7. The first-order chi connectivity index (χ1) is 14.6. The molecule has 1 fully saturated rings. The van der Waals surface area contributed by atoms with Gasteiger partial charge in [0.1, 0.15) is 0 Å². The molecule has 5 nitrogen and oxygen atoms in total. The van der Waals surface area contributed by atoms with Gasteiger partial charge in [-0.1, -0.05) is 48.0 Å². The smallest absolute Gasteiger partial charge is 0.273 e. The van der Waals surface area contributed by atoms with Crippen LogP contribution in [-0.4, -0.2) is 20.6 Å². The number of halogens is 1. The van der Waals surface area contributed by atoms with Crippen molar-refractivity contribution >= 4 is 67.9 Å². The van der Waals surface area contributed by atoms with Crippen molar-refractivity contribution in [3.8, 4) is 0 Å². The first-order valence-corrected chi connectivity index (χ1v) is 11.2. The van der Waals surface area contributed by atoms with Gasteiger partial charge < -0.3 is 4.57 Å². The lowest BCUT2D eigenvalue weighted by molar-refractivity contribution is -0.113. The molecule has 4 aromatic rings. The summed E-state index contributed by atoms with van der Waals surface area (Å²) < 4.78 is 2.14. The van der Waals surface area contributed by atoms with Crippen molar-refractivity contribution in [1.82, 2.24) is 9.55 Å². The Morgan fingerprint density at radius 1 is 1.13 bits per heavy atom. The van der Waals surface area contributed by atoms with Crippen LogP contribution in [0.15, 0.2) is 71.2 Å². The molecule has 30 heavy (non-hydrogen) atoms. The Morgan fingerprint density at radius 3 is 2.73 bits per heavy atom. The lowest BCUT2D eigenvalue weighted by Crippen LogP contribution is -2.27. The number of para-hydroxylation sites is 1. The summed E-state index contributed by atoms with van der Waals surface area (Å²) in [6, 6.07) is 15.9. The number of nitrogens with one attached hydrogen (secondary N) is 1. The Kier molecular flexibility index (Phi) is 4.94. The third-order valence-electron chi connectivity index (χ3n) is 4.84. The van der Waals surface area contributed by atoms with E-state index in [4.69, 9.17) is 17.0 Å². The van der Waals surface area contributed by atoms with E-state index in [0.29, 0.717) is 16.6 Å². The van der Waals surface area contributed by atoms with Gasteiger partial charge in [0.25, 0.3) is 5.91 Å². The van der Waals surface area contributed by atoms with Gasteiger partial charge in [0.05, 0.1) is 4.91 Å². The van der Waals surface area contributed by atoms with Crippen molar-refractivity contribution in [3.05, 3.63) is 87.4 Å². The normalized spacial score (nSPS) is 15.6. The molecule has 0 unspecified atom stereocenters. The predicted molar refractivity (Wildman–Crippen MR) is 125 cm³/mol. The highest BCUT2D eigenvalue weighted by atomic mass is 35.5. The first-order valence-electron chi connectivity index (χ1n) is 9.15. The summed E-state index contributed by atoms with van der Waals surface area (Å²) in [4.78, 5) is 19.0. The molecule has 148 valence electrons. The molecular weight excluding hydrogens is 436 g/mol. The highest BCUT2D eigenvalue weighted by Gasteiger charge is 2.35. The fourth-order valence-electron chi connectivity index (χ4n) is 3.46. The van der Waals surface area contributed by atoms with Gasteiger partial charge in [-0.15, -0.1) is 11.3 Å². The molecule has 0 radical (unpaired) electrons. The first kappa shape index (κ1) is 19.1. The molecule has 1 saturated heterocycles. The number of thioether (sulfide) groups is 1. The maximum Gasteiger partial charge on any atom is 0.273 e. The number of carbonyl (C=O) groups excluding carboxylic acids is 1. The van der Waals surface area contributed by atoms with Gasteiger partial charge in [-0.05, 0) is 35.5 Å². The van der Waals surface area contributed by atoms with Gasteiger partial charge in [0.2, 0.25) is 0 Å². The molecule has 2 aromatic heterocycles. The molecule has 1 aliphatic heterocycles. The number of hydrogen-bond acceptors (Lipinski definition) is 5. The quantitative estimate of drug-likeness (QED) is 0.396. The largest absolute Gasteiger partial charge is 0.342 e. The van der Waals surface area contributed by atoms with Gasteiger partial charge in [0.15, 0.2) is 10.3 Å². The maximum absolute atomic E-state index is 12.9. The van der Waals surface area contributed by atoms with Gasteiger partial charge in [-0.2, -0.15) is 0 Å². The van der Waals surface area contributed by atoms with Crippen molar-refractivity contribution in [2.75, 3.05) is 4.90 Å². The van der Waals surface area contributed by atoms with Crippen LogP contribution in [0.3, 0.4) is 0 Å². The second-order valence-electron chi connectivity index (χ2n) is 6.69. The standard InChI is InChI=1S/C22H15ClN4OS2/c23-17-7-3-1-5-14(17)12-26-13-15(16-6-2-4-8-18(16)26)11-19-20(28)27(21(24)30-19)22-25-9-10-29-22/h1-11,13,24H,12H2/b19-11-,24-21?. The number of fused-ring (bicyclic) bond motifs is 1. The molecule has 1 N–H and O–H groups in total. The number of rotatable bonds is 4. The average molecular weight is 451 g/mol. The van der Waals surface area contributed by atoms with E-state index >= 15 is 0 Å². The summed E-state index contributed by atoms with van der Waals surface area (Å²) in [6.45, 7) is 0.630. The monoisotopic (exact) mass is 450 g/mol. The number of benzene rings is 2. The summed E-state index contributed by atoms with van der Waals surface area (Å²) in [5, 5.41) is 12.5. The number of aromatic nitrogens is 2. The van der Waals surface area contributed by atoms with Crippen molar-refractivity contribution in [1.29, 1.82) is 5.41 Å². The topological polar surface area (TPSA) is 62.0 Å². The summed E-state index contributed by atoms with van der Waals surface area (Å²) >= 11 is 8.86. The van der Waals surface area contributed by atoms with Crippen LogP contribution in [0.4, 0.5) is 5.13 Å². The Balaban J connectivity index is 1.55. The zero-order valence-corrected chi connectivity index (χ0v) is 18.0. The van der Waals surface area contributed by atoms with Crippen LogP contribution in [0.25, 0.3) is 17.0 Å². The fraction of sp³-hybridized carbons (Fsp3) is 0.0455. The maximum atomic E-state index is 12.9. The molecule has 0 atom stereocenters. The Hall–Kier alpha value is -2.87. The third-order valence-corrected chi connectivity index (χ3v) is 6.85. The van der Waals surface area contributed by atoms with Crippen LogP contribution in [0, 0.1) is 5.41 Å². The predicted octanol–water partition coefficient (Wildman–Crippen LogP) is 5.86. The van der Waals surface area contributed by atoms with Crippen molar-refractivity contribution in [2.45, 2.75) is 6.54 Å². The van der Waals surface area contributed by atoms with E-state index in [1.807, 2.05) is 54.7 Å². The molecular formula is C22H15ClN4OS2. The highest BCUT2D eigenvalue weighted by Crippen LogP contribution is 2.37. The Labute approximate surface area is 186 Å². The molecule has 1 amide bonds. The van der Waals surface area contributed by atoms with Gasteiger partial charge in [-0.3, -0.25) is 10.2 Å². The van der Waals surface area contributed by atoms with Crippen LogP contribution in [0.1, 0.15) is 11.1 Å². The van der Waals surface area contributed by atoms with Crippen LogP contribution >= 0.6 is 34.7 Å². The second-order valence-corrected chi connectivity index (χ2v) is 9.00. The van der Waals surface area contributed by atoms with Crippen LogP contribution in [0.5, 0.6) is 0 Å². The third kappa shape index (κ3) is 3.35. The molecule has 3 heterocycles. The van der Waals surface area contributed by atoms with E-state index in [2.05, 4.69) is 15.6 Å². The molecule has 0 bridgehead atoms. The second kappa shape index (κ2) is 7.75. The lowest BCUT2D eigenvalue weighted by Gasteiger charge is -2.08. The molecule has 2 aromatic carbocycles. The fourth-order valence-corrected chi connectivity index (χ4v) is 5.19. The number of amidine groups is 1. The molecule has 8 heteroatoms. The minimum atomic E-state index is -0.220. The van der Waals surface area contributed by atoms with Gasteiger partial charge >= 0.3 is 0 Å². The minimum Gasteiger partial charge on any atom is -0.342 e. The summed E-state index contributed by atoms with van der Waals surface area (Å²) in [7, 11) is 0. The van der Waals surface area contributed by atoms with E-state index in [0.717, 1.165) is 38.8 Å². The van der Waals surface area contributed by atoms with Crippen LogP contribution in [-0.2, 0) is 11.3 Å². The van der Waals surface area contributed by atoms with E-state index in [9.17, 15) is 4.79 Å². The Bertz CT molecular complexity index is 1310. The van der Waals surface area contributed by atoms with E-state index < -0.39 is 0 Å². The molecule has 5 rings (SSSR count). The van der Waals surface area contributed by atoms with Crippen molar-refractivity contribution in [3.63, 3.8) is 0 Å². The van der Waals surface area contributed by atoms with Crippen molar-refractivity contribution in [2.24, 2.45) is 0 Å². The molecule has 0 spiro atoms. The molecule has 1 aliphatic rings. The van der Waals surface area contributed by atoms with Crippen molar-refractivity contribution < 1.29 is 4.79 Å². The Morgan fingerprint density at radius 2 is 1.93 bits per heavy atom. The number of hydrogen-bond donors (Lipinski definition) is 1. The van der Waals surface area contributed by atoms with Crippen LogP contribution in [0.2, 0.25) is 5.02 Å². The SMILES string of the molecule is N=C1S/C(=C\c2cn(Cc3ccccc3Cl)c3ccccc23)C(=O)N1c1nccs1. The number of nitrogens with zero attached hydrogens (tertiary/aromatic N) is 3. The number of carbonyl (C=O) groups is 1. The van der Waals surface area contributed by atoms with E-state index in [-0.39, 0.29) is 11.1 Å². The average Bonchev–Trinajstić information content (AvgIpc) is 3.44. The highest BCUT2D eigenvalue weighted by molar-refractivity contribution is 8.19. The molecule has 0 saturated carbocycles. The number of thiazole rings is 1. The summed E-state index contributed by atoms with van der Waals surface area (Å²) in [5.41, 5.74) is 3.02. The zero-order valence-electron chi connectivity index (χ0n) is 15.6. The summed E-state index contributed by atoms with van der Waals surface area (Å²) in [6.07, 6.45) is 5.53. The summed E-state index contributed by atoms with van der Waals surface area (Å²) in [5.74, 6) is -0.220.